The van der Waals surface area contributed by atoms with Gasteiger partial charge in [-0.15, -0.1) is 0 Å². The molecule has 2 aromatic rings. The summed E-state index contributed by atoms with van der Waals surface area (Å²) in [5.74, 6) is -0.171. The molecule has 3 rings (SSSR count). The predicted molar refractivity (Wildman–Crippen MR) is 86.8 cm³/mol. The molecule has 0 unspecified atom stereocenters. The monoisotopic (exact) mass is 320 g/mol. The zero-order valence-corrected chi connectivity index (χ0v) is 14.1. The summed E-state index contributed by atoms with van der Waals surface area (Å²) >= 11 is 6.09. The fourth-order valence-corrected chi connectivity index (χ4v) is 2.65. The van der Waals surface area contributed by atoms with Crippen molar-refractivity contribution in [3.8, 4) is 0 Å². The van der Waals surface area contributed by atoms with E-state index in [0.717, 1.165) is 5.39 Å². The summed E-state index contributed by atoms with van der Waals surface area (Å²) in [6, 6.07) is 5.30. The second kappa shape index (κ2) is 4.81. The van der Waals surface area contributed by atoms with Gasteiger partial charge in [0.05, 0.1) is 16.7 Å². The van der Waals surface area contributed by atoms with E-state index in [-0.39, 0.29) is 5.91 Å². The Morgan fingerprint density at radius 2 is 1.82 bits per heavy atom. The lowest BCUT2D eigenvalue weighted by Crippen LogP contribution is -2.41. The van der Waals surface area contributed by atoms with Crippen molar-refractivity contribution in [1.82, 2.24) is 9.78 Å². The van der Waals surface area contributed by atoms with Crippen LogP contribution >= 0.6 is 11.6 Å². The van der Waals surface area contributed by atoms with E-state index in [1.54, 1.807) is 18.2 Å². The van der Waals surface area contributed by atoms with Crippen molar-refractivity contribution < 1.29 is 14.1 Å². The normalized spacial score (nSPS) is 19.8. The Bertz CT molecular complexity index is 753. The Hall–Kier alpha value is -1.37. The lowest BCUT2D eigenvalue weighted by atomic mass is 9.82. The molecular weight excluding hydrogens is 302 g/mol. The minimum atomic E-state index is -0.633. The minimum Gasteiger partial charge on any atom is -0.398 e. The molecule has 1 aromatic carbocycles. The number of halogens is 1. The lowest BCUT2D eigenvalue weighted by Gasteiger charge is -2.32. The topological polar surface area (TPSA) is 53.4 Å². The molecule has 22 heavy (non-hydrogen) atoms. The summed E-state index contributed by atoms with van der Waals surface area (Å²) in [5.41, 5.74) is 0.332. The van der Waals surface area contributed by atoms with E-state index in [1.165, 1.54) is 11.6 Å². The molecule has 1 aliphatic rings. The molecule has 1 saturated heterocycles. The molecule has 5 nitrogen and oxygen atoms in total. The summed E-state index contributed by atoms with van der Waals surface area (Å²) in [4.78, 5) is 11.8. The Morgan fingerprint density at radius 1 is 1.23 bits per heavy atom. The van der Waals surface area contributed by atoms with E-state index in [2.05, 4.69) is 5.10 Å². The molecule has 1 aliphatic heterocycles. The van der Waals surface area contributed by atoms with Crippen LogP contribution in [0.15, 0.2) is 18.2 Å². The van der Waals surface area contributed by atoms with Crippen molar-refractivity contribution in [3.05, 3.63) is 23.2 Å². The van der Waals surface area contributed by atoms with Gasteiger partial charge in [-0.1, -0.05) is 11.6 Å². The highest BCUT2D eigenvalue weighted by Crippen LogP contribution is 2.37. The van der Waals surface area contributed by atoms with Gasteiger partial charge in [0.15, 0.2) is 0 Å². The first-order chi connectivity index (χ1) is 10.1. The van der Waals surface area contributed by atoms with Gasteiger partial charge < -0.3 is 9.31 Å². The number of fused-ring (bicyclic) bond motifs is 1. The molecule has 116 valence electrons. The van der Waals surface area contributed by atoms with Crippen molar-refractivity contribution in [1.29, 1.82) is 0 Å². The molecule has 0 radical (unpaired) electrons. The van der Waals surface area contributed by atoms with Crippen LogP contribution in [0.25, 0.3) is 10.9 Å². The fraction of sp³-hybridized carbons (Fsp3) is 0.467. The molecule has 0 saturated carbocycles. The van der Waals surface area contributed by atoms with Gasteiger partial charge >= 0.3 is 7.12 Å². The maximum Gasteiger partial charge on any atom is 0.517 e. The average Bonchev–Trinajstić information content (AvgIpc) is 2.84. The van der Waals surface area contributed by atoms with Gasteiger partial charge in [-0.3, -0.25) is 4.79 Å². The molecule has 1 fully saturated rings. The summed E-state index contributed by atoms with van der Waals surface area (Å²) in [5, 5.41) is 5.74. The highest BCUT2D eigenvalue weighted by Gasteiger charge is 2.53. The lowest BCUT2D eigenvalue weighted by molar-refractivity contribution is 0.00578. The molecule has 2 heterocycles. The quantitative estimate of drug-likeness (QED) is 0.758. The standard InChI is InChI=1S/C15H18BClN2O3/c1-9(20)19-12-7-6-10(17)8-11(12)13(18-19)16-21-14(2,3)15(4,5)22-16/h6-8H,1-5H3. The van der Waals surface area contributed by atoms with Crippen molar-refractivity contribution in [2.24, 2.45) is 0 Å². The van der Waals surface area contributed by atoms with Crippen LogP contribution < -0.4 is 5.59 Å². The van der Waals surface area contributed by atoms with E-state index in [4.69, 9.17) is 20.9 Å². The van der Waals surface area contributed by atoms with Crippen LogP contribution in [0.5, 0.6) is 0 Å². The summed E-state index contributed by atoms with van der Waals surface area (Å²) < 4.78 is 13.4. The Balaban J connectivity index is 2.16. The summed E-state index contributed by atoms with van der Waals surface area (Å²) in [6.45, 7) is 9.37. The zero-order chi connectivity index (χ0) is 16.3. The van der Waals surface area contributed by atoms with Crippen LogP contribution in [0.1, 0.15) is 39.4 Å². The molecule has 0 N–H and O–H groups in total. The molecule has 0 amide bonds. The van der Waals surface area contributed by atoms with E-state index in [9.17, 15) is 4.79 Å². The first kappa shape index (κ1) is 15.5. The number of benzene rings is 1. The molecule has 0 aliphatic carbocycles. The van der Waals surface area contributed by atoms with E-state index in [0.29, 0.717) is 16.1 Å². The Morgan fingerprint density at radius 3 is 2.36 bits per heavy atom. The number of hydrogen-bond donors (Lipinski definition) is 0. The van der Waals surface area contributed by atoms with Crippen molar-refractivity contribution in [3.63, 3.8) is 0 Å². The predicted octanol–water partition coefficient (Wildman–Crippen LogP) is 2.65. The smallest absolute Gasteiger partial charge is 0.398 e. The summed E-state index contributed by atoms with van der Waals surface area (Å²) in [7, 11) is -0.633. The van der Waals surface area contributed by atoms with Gasteiger partial charge in [-0.25, -0.2) is 4.68 Å². The van der Waals surface area contributed by atoms with Gasteiger partial charge in [-0.05, 0) is 45.9 Å². The van der Waals surface area contributed by atoms with Gasteiger partial charge in [-0.2, -0.15) is 5.10 Å². The fourth-order valence-electron chi connectivity index (χ4n) is 2.48. The largest absolute Gasteiger partial charge is 0.517 e. The average molecular weight is 321 g/mol. The van der Waals surface area contributed by atoms with Crippen LogP contribution in [-0.4, -0.2) is 34.0 Å². The molecule has 0 bridgehead atoms. The van der Waals surface area contributed by atoms with Crippen molar-refractivity contribution in [2.45, 2.75) is 45.8 Å². The van der Waals surface area contributed by atoms with Crippen LogP contribution in [0.3, 0.4) is 0 Å². The first-order valence-corrected chi connectivity index (χ1v) is 7.55. The van der Waals surface area contributed by atoms with Crippen LogP contribution in [0.4, 0.5) is 0 Å². The van der Waals surface area contributed by atoms with E-state index < -0.39 is 18.3 Å². The van der Waals surface area contributed by atoms with Crippen LogP contribution in [-0.2, 0) is 9.31 Å². The molecule has 7 heteroatoms. The van der Waals surface area contributed by atoms with E-state index in [1.807, 2.05) is 27.7 Å². The number of hydrogen-bond acceptors (Lipinski definition) is 4. The van der Waals surface area contributed by atoms with E-state index >= 15 is 0 Å². The Labute approximate surface area is 134 Å². The third-order valence-electron chi connectivity index (χ3n) is 4.45. The maximum absolute atomic E-state index is 11.8. The number of carbonyl (C=O) groups is 1. The van der Waals surface area contributed by atoms with Crippen LogP contribution in [0, 0.1) is 0 Å². The number of aromatic nitrogens is 2. The first-order valence-electron chi connectivity index (χ1n) is 7.17. The van der Waals surface area contributed by atoms with Gasteiger partial charge in [0.2, 0.25) is 5.91 Å². The highest BCUT2D eigenvalue weighted by atomic mass is 35.5. The number of rotatable bonds is 1. The van der Waals surface area contributed by atoms with Gasteiger partial charge in [0.1, 0.15) is 5.59 Å². The zero-order valence-electron chi connectivity index (χ0n) is 13.3. The second-order valence-electron chi connectivity index (χ2n) is 6.57. The van der Waals surface area contributed by atoms with Crippen molar-refractivity contribution in [2.75, 3.05) is 0 Å². The molecule has 1 aromatic heterocycles. The third-order valence-corrected chi connectivity index (χ3v) is 4.68. The Kier molecular flexibility index (Phi) is 3.40. The second-order valence-corrected chi connectivity index (χ2v) is 7.00. The number of nitrogens with zero attached hydrogens (tertiary/aromatic N) is 2. The third kappa shape index (κ3) is 2.26. The highest BCUT2D eigenvalue weighted by molar-refractivity contribution is 6.64. The summed E-state index contributed by atoms with van der Waals surface area (Å²) in [6.07, 6.45) is 0. The van der Waals surface area contributed by atoms with Crippen molar-refractivity contribution >= 4 is 41.1 Å². The molecule has 0 atom stereocenters. The van der Waals surface area contributed by atoms with Gasteiger partial charge in [0, 0.05) is 17.3 Å². The maximum atomic E-state index is 11.8. The van der Waals surface area contributed by atoms with Crippen LogP contribution in [0.2, 0.25) is 5.02 Å². The molecule has 0 spiro atoms. The minimum absolute atomic E-state index is 0.171. The molecular formula is C15H18BClN2O3. The number of carbonyl (C=O) groups excluding carboxylic acids is 1. The van der Waals surface area contributed by atoms with Gasteiger partial charge in [0.25, 0.3) is 0 Å². The SMILES string of the molecule is CC(=O)n1nc(B2OC(C)(C)C(C)(C)O2)c2cc(Cl)ccc21.